The van der Waals surface area contributed by atoms with E-state index in [2.05, 4.69) is 15.7 Å². The van der Waals surface area contributed by atoms with Gasteiger partial charge in [0.2, 0.25) is 5.91 Å². The molecule has 0 atom stereocenters. The van der Waals surface area contributed by atoms with Crippen LogP contribution >= 0.6 is 0 Å². The van der Waals surface area contributed by atoms with Gasteiger partial charge in [0, 0.05) is 36.2 Å². The molecule has 0 saturated heterocycles. The normalized spacial score (nSPS) is 13.8. The Hall–Kier alpha value is -3.61. The van der Waals surface area contributed by atoms with Crippen LogP contribution < -0.4 is 10.6 Å². The van der Waals surface area contributed by atoms with Crippen molar-refractivity contribution in [2.24, 2.45) is 5.92 Å². The van der Waals surface area contributed by atoms with Gasteiger partial charge in [0.05, 0.1) is 11.4 Å². The molecule has 0 radical (unpaired) electrons. The Morgan fingerprint density at radius 1 is 1.11 bits per heavy atom. The number of nitrogens with zero attached hydrogens (tertiary/aromatic N) is 2. The molecule has 1 fully saturated rings. The molecule has 1 aliphatic rings. The number of hydrogen-bond donors (Lipinski definition) is 3. The molecule has 0 unspecified atom stereocenters. The minimum absolute atomic E-state index is 0.00939. The van der Waals surface area contributed by atoms with Crippen LogP contribution in [0.1, 0.15) is 68.7 Å². The van der Waals surface area contributed by atoms with Gasteiger partial charge < -0.3 is 15.7 Å². The van der Waals surface area contributed by atoms with E-state index in [1.54, 1.807) is 12.1 Å². The molecule has 2 amide bonds. The lowest BCUT2D eigenvalue weighted by atomic mass is 10.0. The van der Waals surface area contributed by atoms with Gasteiger partial charge in [-0.15, -0.1) is 0 Å². The van der Waals surface area contributed by atoms with Crippen LogP contribution in [0.3, 0.4) is 0 Å². The third kappa shape index (κ3) is 6.10. The molecule has 1 aromatic heterocycles. The summed E-state index contributed by atoms with van der Waals surface area (Å²) in [7, 11) is 0. The number of nitrogens with one attached hydrogen (secondary N) is 2. The predicted octanol–water partition coefficient (Wildman–Crippen LogP) is 5.96. The second-order valence-corrected chi connectivity index (χ2v) is 9.87. The third-order valence-electron chi connectivity index (χ3n) is 6.38. The molecule has 7 nitrogen and oxygen atoms in total. The number of aromatic nitrogens is 2. The third-order valence-corrected chi connectivity index (χ3v) is 6.38. The highest BCUT2D eigenvalue weighted by molar-refractivity contribution is 5.91. The molecule has 1 aliphatic carbocycles. The lowest BCUT2D eigenvalue weighted by Crippen LogP contribution is -2.30. The fraction of sp³-hybridized carbons (Fsp3) is 0.393. The number of anilines is 1. The number of amides is 2. The quantitative estimate of drug-likeness (QED) is 0.393. The van der Waals surface area contributed by atoms with Crippen LogP contribution in [-0.2, 0) is 11.3 Å². The van der Waals surface area contributed by atoms with E-state index >= 15 is 0 Å². The first-order valence-corrected chi connectivity index (χ1v) is 12.4. The molecule has 1 saturated carbocycles. The molecule has 2 aromatic carbocycles. The number of aryl methyl sites for hydroxylation is 1. The number of carbonyl (C=O) groups is 2. The van der Waals surface area contributed by atoms with Crippen molar-refractivity contribution in [3.8, 4) is 17.0 Å². The van der Waals surface area contributed by atoms with Crippen LogP contribution in [0.5, 0.6) is 5.75 Å². The lowest BCUT2D eigenvalue weighted by molar-refractivity contribution is -0.116. The van der Waals surface area contributed by atoms with E-state index in [-0.39, 0.29) is 29.5 Å². The van der Waals surface area contributed by atoms with Crippen LogP contribution in [0.4, 0.5) is 10.5 Å². The van der Waals surface area contributed by atoms with Crippen molar-refractivity contribution in [1.29, 1.82) is 0 Å². The van der Waals surface area contributed by atoms with Crippen LogP contribution in [-0.4, -0.2) is 26.8 Å². The Morgan fingerprint density at radius 3 is 2.57 bits per heavy atom. The van der Waals surface area contributed by atoms with Gasteiger partial charge in [-0.25, -0.2) is 4.79 Å². The van der Waals surface area contributed by atoms with E-state index in [1.165, 1.54) is 10.7 Å². The first-order valence-electron chi connectivity index (χ1n) is 12.4. The summed E-state index contributed by atoms with van der Waals surface area (Å²) < 4.78 is 1.46. The average molecular weight is 475 g/mol. The summed E-state index contributed by atoms with van der Waals surface area (Å²) in [6.07, 6.45) is 4.71. The maximum atomic E-state index is 13.2. The van der Waals surface area contributed by atoms with Crippen LogP contribution in [0.25, 0.3) is 11.3 Å². The zero-order valence-electron chi connectivity index (χ0n) is 20.7. The van der Waals surface area contributed by atoms with Crippen molar-refractivity contribution in [3.63, 3.8) is 0 Å². The number of aromatic hydroxyl groups is 1. The van der Waals surface area contributed by atoms with Crippen LogP contribution in [0.2, 0.25) is 0 Å². The maximum absolute atomic E-state index is 13.2. The SMILES string of the molecule is Cc1cccc(CNC(=O)n2nc(-c3ccc(NC(=O)CC(C)C)cc3O)cc2C2CCCC2)c1. The van der Waals surface area contributed by atoms with E-state index in [1.807, 2.05) is 51.1 Å². The molecule has 4 rings (SSSR count). The number of benzene rings is 2. The summed E-state index contributed by atoms with van der Waals surface area (Å²) in [5.74, 6) is 0.427. The summed E-state index contributed by atoms with van der Waals surface area (Å²) >= 11 is 0. The molecule has 35 heavy (non-hydrogen) atoms. The zero-order valence-corrected chi connectivity index (χ0v) is 20.7. The van der Waals surface area contributed by atoms with Gasteiger partial charge in [-0.1, -0.05) is 56.5 Å². The fourth-order valence-electron chi connectivity index (χ4n) is 4.69. The van der Waals surface area contributed by atoms with Gasteiger partial charge in [0.25, 0.3) is 0 Å². The van der Waals surface area contributed by atoms with Gasteiger partial charge >= 0.3 is 6.03 Å². The largest absolute Gasteiger partial charge is 0.507 e. The van der Waals surface area contributed by atoms with E-state index in [0.717, 1.165) is 42.5 Å². The number of carbonyl (C=O) groups excluding carboxylic acids is 2. The smallest absolute Gasteiger partial charge is 0.342 e. The molecule has 1 heterocycles. The van der Waals surface area contributed by atoms with E-state index < -0.39 is 0 Å². The summed E-state index contributed by atoms with van der Waals surface area (Å²) in [6, 6.07) is 14.7. The summed E-state index contributed by atoms with van der Waals surface area (Å²) in [4.78, 5) is 25.2. The van der Waals surface area contributed by atoms with Crippen LogP contribution in [0, 0.1) is 12.8 Å². The molecule has 0 bridgehead atoms. The Bertz CT molecular complexity index is 1210. The number of phenols is 1. The Labute approximate surface area is 206 Å². The molecule has 3 aromatic rings. The van der Waals surface area contributed by atoms with Gasteiger partial charge in [0.15, 0.2) is 0 Å². The van der Waals surface area contributed by atoms with Crippen molar-refractivity contribution in [2.45, 2.75) is 65.3 Å². The van der Waals surface area contributed by atoms with Crippen molar-refractivity contribution in [2.75, 3.05) is 5.32 Å². The van der Waals surface area contributed by atoms with Crippen molar-refractivity contribution in [3.05, 3.63) is 65.4 Å². The first-order chi connectivity index (χ1) is 16.8. The molecule has 0 aliphatic heterocycles. The summed E-state index contributed by atoms with van der Waals surface area (Å²) in [6.45, 7) is 6.40. The first kappa shape index (κ1) is 24.5. The fourth-order valence-corrected chi connectivity index (χ4v) is 4.69. The molecule has 0 spiro atoms. The van der Waals surface area contributed by atoms with Crippen LogP contribution in [0.15, 0.2) is 48.5 Å². The van der Waals surface area contributed by atoms with Crippen molar-refractivity contribution in [1.82, 2.24) is 15.1 Å². The standard InChI is InChI=1S/C28H34N4O3/c1-18(2)13-27(34)30-22-11-12-23(26(33)15-22)24-16-25(21-9-4-5-10-21)32(31-24)28(35)29-17-20-8-6-7-19(3)14-20/h6-8,11-12,14-16,18,21,33H,4-5,9-10,13,17H2,1-3H3,(H,29,35)(H,30,34). The second kappa shape index (κ2) is 10.8. The number of rotatable bonds is 7. The lowest BCUT2D eigenvalue weighted by Gasteiger charge is -2.12. The van der Waals surface area contributed by atoms with Gasteiger partial charge in [-0.2, -0.15) is 9.78 Å². The average Bonchev–Trinajstić information content (AvgIpc) is 3.47. The van der Waals surface area contributed by atoms with Crippen molar-refractivity contribution >= 4 is 17.6 Å². The summed E-state index contributed by atoms with van der Waals surface area (Å²) in [5.41, 5.74) is 4.63. The monoisotopic (exact) mass is 474 g/mol. The highest BCUT2D eigenvalue weighted by Crippen LogP contribution is 2.38. The molecule has 184 valence electrons. The van der Waals surface area contributed by atoms with Gasteiger partial charge in [-0.3, -0.25) is 4.79 Å². The Morgan fingerprint density at radius 2 is 1.89 bits per heavy atom. The highest BCUT2D eigenvalue weighted by Gasteiger charge is 2.26. The predicted molar refractivity (Wildman–Crippen MR) is 137 cm³/mol. The van der Waals surface area contributed by atoms with Gasteiger partial charge in [-0.05, 0) is 49.4 Å². The molecular weight excluding hydrogens is 440 g/mol. The molecule has 7 heteroatoms. The number of phenolic OH excluding ortho intramolecular Hbond substituents is 1. The summed E-state index contributed by atoms with van der Waals surface area (Å²) in [5, 5.41) is 21.1. The minimum atomic E-state index is -0.281. The number of hydrogen-bond acceptors (Lipinski definition) is 4. The maximum Gasteiger partial charge on any atom is 0.342 e. The highest BCUT2D eigenvalue weighted by atomic mass is 16.3. The second-order valence-electron chi connectivity index (χ2n) is 9.87. The van der Waals surface area contributed by atoms with Crippen molar-refractivity contribution < 1.29 is 14.7 Å². The van der Waals surface area contributed by atoms with E-state index in [4.69, 9.17) is 0 Å². The topological polar surface area (TPSA) is 96.3 Å². The zero-order chi connectivity index (χ0) is 24.9. The minimum Gasteiger partial charge on any atom is -0.507 e. The Kier molecular flexibility index (Phi) is 7.54. The molecular formula is C28H34N4O3. The van der Waals surface area contributed by atoms with E-state index in [0.29, 0.717) is 29.9 Å². The van der Waals surface area contributed by atoms with Gasteiger partial charge in [0.1, 0.15) is 5.75 Å². The molecule has 3 N–H and O–H groups in total. The van der Waals surface area contributed by atoms with E-state index in [9.17, 15) is 14.7 Å². The Balaban J connectivity index is 1.57.